The van der Waals surface area contributed by atoms with E-state index in [-0.39, 0.29) is 0 Å². The second-order valence-electron chi connectivity index (χ2n) is 6.26. The summed E-state index contributed by atoms with van der Waals surface area (Å²) in [6.07, 6.45) is 2.99. The molecule has 0 N–H and O–H groups in total. The molecule has 25 heavy (non-hydrogen) atoms. The summed E-state index contributed by atoms with van der Waals surface area (Å²) in [5.74, 6) is 0. The van der Waals surface area contributed by atoms with Crippen molar-refractivity contribution in [2.75, 3.05) is 26.2 Å². The summed E-state index contributed by atoms with van der Waals surface area (Å²) in [6, 6.07) is 13.9. The Bertz CT molecular complexity index is 882. The van der Waals surface area contributed by atoms with Crippen LogP contribution in [0.2, 0.25) is 5.02 Å². The molecule has 1 fully saturated rings. The van der Waals surface area contributed by atoms with Gasteiger partial charge in [-0.3, -0.25) is 9.69 Å². The second kappa shape index (κ2) is 6.86. The van der Waals surface area contributed by atoms with Crippen molar-refractivity contribution in [3.8, 4) is 11.3 Å². The highest BCUT2D eigenvalue weighted by Gasteiger charge is 2.20. The molecular weight excluding hydrogens is 336 g/mol. The van der Waals surface area contributed by atoms with Crippen LogP contribution in [0.5, 0.6) is 0 Å². The van der Waals surface area contributed by atoms with Crippen molar-refractivity contribution in [2.45, 2.75) is 6.54 Å². The number of pyridine rings is 1. The number of nitrogens with zero attached hydrogens (tertiary/aromatic N) is 4. The number of aromatic nitrogens is 2. The van der Waals surface area contributed by atoms with Gasteiger partial charge in [-0.15, -0.1) is 0 Å². The number of hydrogen-bond donors (Lipinski definition) is 0. The normalized spacial score (nSPS) is 15.6. The number of hydrogen-bond acceptors (Lipinski definition) is 3. The largest absolute Gasteiger partial charge is 0.343 e. The fourth-order valence-electron chi connectivity index (χ4n) is 3.28. The first-order valence-electron chi connectivity index (χ1n) is 8.38. The minimum absolute atomic E-state index is 0.721. The molecule has 1 aromatic carbocycles. The second-order valence-corrected chi connectivity index (χ2v) is 6.70. The van der Waals surface area contributed by atoms with Crippen LogP contribution < -0.4 is 0 Å². The van der Waals surface area contributed by atoms with E-state index in [0.29, 0.717) is 0 Å². The molecule has 6 heteroatoms. The number of fused-ring (bicyclic) bond motifs is 1. The van der Waals surface area contributed by atoms with E-state index < -0.39 is 0 Å². The average molecular weight is 355 g/mol. The monoisotopic (exact) mass is 354 g/mol. The Morgan fingerprint density at radius 1 is 1.04 bits per heavy atom. The molecule has 0 spiro atoms. The number of rotatable bonds is 4. The molecule has 1 aliphatic heterocycles. The summed E-state index contributed by atoms with van der Waals surface area (Å²) in [5, 5.41) is 0.721. The van der Waals surface area contributed by atoms with E-state index in [0.717, 1.165) is 66.8 Å². The van der Waals surface area contributed by atoms with Gasteiger partial charge >= 0.3 is 0 Å². The zero-order valence-corrected chi connectivity index (χ0v) is 14.6. The fraction of sp³-hybridized carbons (Fsp3) is 0.263. The Balaban J connectivity index is 1.70. The molecule has 0 aliphatic carbocycles. The zero-order valence-electron chi connectivity index (χ0n) is 13.8. The van der Waals surface area contributed by atoms with Crippen molar-refractivity contribution in [3.63, 3.8) is 0 Å². The van der Waals surface area contributed by atoms with Crippen LogP contribution in [0.4, 0.5) is 0 Å². The number of carbonyl (C=O) groups excluding carboxylic acids is 1. The molecule has 2 aromatic heterocycles. The fourth-order valence-corrected chi connectivity index (χ4v) is 3.40. The van der Waals surface area contributed by atoms with Crippen LogP contribution in [0, 0.1) is 0 Å². The van der Waals surface area contributed by atoms with Gasteiger partial charge in [-0.05, 0) is 24.3 Å². The molecule has 0 atom stereocenters. The van der Waals surface area contributed by atoms with Gasteiger partial charge in [-0.1, -0.05) is 29.8 Å². The first-order valence-corrected chi connectivity index (χ1v) is 8.76. The number of piperazine rings is 1. The number of carbonyl (C=O) groups is 1. The van der Waals surface area contributed by atoms with E-state index in [1.54, 1.807) is 0 Å². The molecule has 5 nitrogen and oxygen atoms in total. The van der Waals surface area contributed by atoms with Gasteiger partial charge in [0.2, 0.25) is 6.41 Å². The van der Waals surface area contributed by atoms with E-state index in [1.807, 2.05) is 47.4 Å². The molecule has 0 saturated carbocycles. The van der Waals surface area contributed by atoms with Crippen molar-refractivity contribution in [1.29, 1.82) is 0 Å². The molecule has 4 rings (SSSR count). The molecule has 128 valence electrons. The highest BCUT2D eigenvalue weighted by atomic mass is 35.5. The maximum atomic E-state index is 10.9. The van der Waals surface area contributed by atoms with Gasteiger partial charge in [0.25, 0.3) is 0 Å². The topological polar surface area (TPSA) is 40.9 Å². The van der Waals surface area contributed by atoms with Crippen molar-refractivity contribution in [1.82, 2.24) is 19.2 Å². The number of halogens is 1. The molecule has 3 heterocycles. The first-order chi connectivity index (χ1) is 12.2. The van der Waals surface area contributed by atoms with Crippen LogP contribution in [0.1, 0.15) is 5.69 Å². The highest BCUT2D eigenvalue weighted by molar-refractivity contribution is 6.30. The number of imidazole rings is 1. The third-order valence-corrected chi connectivity index (χ3v) is 4.93. The molecule has 1 saturated heterocycles. The summed E-state index contributed by atoms with van der Waals surface area (Å²) in [7, 11) is 0. The summed E-state index contributed by atoms with van der Waals surface area (Å²) in [4.78, 5) is 19.9. The Morgan fingerprint density at radius 2 is 1.80 bits per heavy atom. The third-order valence-electron chi connectivity index (χ3n) is 4.68. The zero-order chi connectivity index (χ0) is 17.2. The molecule has 3 aromatic rings. The third kappa shape index (κ3) is 3.25. The lowest BCUT2D eigenvalue weighted by Gasteiger charge is -2.32. The van der Waals surface area contributed by atoms with E-state index >= 15 is 0 Å². The highest BCUT2D eigenvalue weighted by Crippen LogP contribution is 2.27. The Hall–Kier alpha value is -2.37. The summed E-state index contributed by atoms with van der Waals surface area (Å²) in [5.41, 5.74) is 4.15. The van der Waals surface area contributed by atoms with Crippen molar-refractivity contribution >= 4 is 23.7 Å². The molecule has 0 radical (unpaired) electrons. The first kappa shape index (κ1) is 16.1. The quantitative estimate of drug-likeness (QED) is 0.676. The van der Waals surface area contributed by atoms with Crippen LogP contribution in [0.15, 0.2) is 48.7 Å². The Morgan fingerprint density at radius 3 is 2.52 bits per heavy atom. The molecule has 1 aliphatic rings. The van der Waals surface area contributed by atoms with Gasteiger partial charge in [0.15, 0.2) is 0 Å². The molecule has 0 unspecified atom stereocenters. The lowest BCUT2D eigenvalue weighted by atomic mass is 10.1. The van der Waals surface area contributed by atoms with Crippen LogP contribution in [0.3, 0.4) is 0 Å². The van der Waals surface area contributed by atoms with Crippen LogP contribution in [0.25, 0.3) is 16.9 Å². The minimum Gasteiger partial charge on any atom is -0.343 e. The van der Waals surface area contributed by atoms with Crippen molar-refractivity contribution in [2.24, 2.45) is 0 Å². The maximum absolute atomic E-state index is 10.9. The lowest BCUT2D eigenvalue weighted by molar-refractivity contribution is -0.119. The van der Waals surface area contributed by atoms with Gasteiger partial charge in [0.05, 0.1) is 11.4 Å². The summed E-state index contributed by atoms with van der Waals surface area (Å²) < 4.78 is 2.15. The average Bonchev–Trinajstić information content (AvgIpc) is 3.02. The predicted octanol–water partition coefficient (Wildman–Crippen LogP) is 2.93. The predicted molar refractivity (Wildman–Crippen MR) is 98.6 cm³/mol. The molecule has 0 bridgehead atoms. The minimum atomic E-state index is 0.721. The maximum Gasteiger partial charge on any atom is 0.209 e. The summed E-state index contributed by atoms with van der Waals surface area (Å²) >= 11 is 6.03. The van der Waals surface area contributed by atoms with Gasteiger partial charge < -0.3 is 9.30 Å². The van der Waals surface area contributed by atoms with Gasteiger partial charge in [-0.2, -0.15) is 0 Å². The van der Waals surface area contributed by atoms with Crippen molar-refractivity contribution in [3.05, 3.63) is 59.4 Å². The number of benzene rings is 1. The van der Waals surface area contributed by atoms with Gasteiger partial charge in [0, 0.05) is 49.5 Å². The molecular formula is C19H19ClN4O. The van der Waals surface area contributed by atoms with Crippen LogP contribution >= 0.6 is 11.6 Å². The van der Waals surface area contributed by atoms with Crippen LogP contribution in [-0.2, 0) is 11.3 Å². The van der Waals surface area contributed by atoms with E-state index in [2.05, 4.69) is 15.5 Å². The Kier molecular flexibility index (Phi) is 4.42. The van der Waals surface area contributed by atoms with E-state index in [9.17, 15) is 4.79 Å². The van der Waals surface area contributed by atoms with E-state index in [4.69, 9.17) is 16.6 Å². The SMILES string of the molecule is O=CN1CCN(Cc2c(-c3ccc(Cl)cc3)nc3ccccn23)CC1. The van der Waals surface area contributed by atoms with Gasteiger partial charge in [-0.25, -0.2) is 4.98 Å². The van der Waals surface area contributed by atoms with Crippen LogP contribution in [-0.4, -0.2) is 51.8 Å². The smallest absolute Gasteiger partial charge is 0.209 e. The summed E-state index contributed by atoms with van der Waals surface area (Å²) in [6.45, 7) is 4.10. The lowest BCUT2D eigenvalue weighted by Crippen LogP contribution is -2.45. The number of amides is 1. The molecule has 1 amide bonds. The van der Waals surface area contributed by atoms with Gasteiger partial charge in [0.1, 0.15) is 5.65 Å². The van der Waals surface area contributed by atoms with Crippen molar-refractivity contribution < 1.29 is 4.79 Å². The standard InChI is InChI=1S/C19H19ClN4O/c20-16-6-4-15(5-7-16)19-17(24-8-2-1-3-18(24)21-19)13-22-9-11-23(14-25)12-10-22/h1-8,14H,9-13H2. The van der Waals surface area contributed by atoms with E-state index in [1.165, 1.54) is 0 Å². The Labute approximate surface area is 151 Å².